The molecule has 0 unspecified atom stereocenters. The molecule has 8 nitrogen and oxygen atoms in total. The summed E-state index contributed by atoms with van der Waals surface area (Å²) < 4.78 is 36.9. The number of rotatable bonds is 14. The maximum absolute atomic E-state index is 14.4. The van der Waals surface area contributed by atoms with E-state index in [0.29, 0.717) is 17.1 Å². The van der Waals surface area contributed by atoms with Gasteiger partial charge in [-0.2, -0.15) is 4.98 Å². The van der Waals surface area contributed by atoms with E-state index in [-0.39, 0.29) is 55.3 Å². The number of carbonyl (C=O) groups excluding carboxylic acids is 1. The van der Waals surface area contributed by atoms with Crippen molar-refractivity contribution in [1.29, 1.82) is 0 Å². The van der Waals surface area contributed by atoms with Crippen LogP contribution < -0.4 is 18.9 Å². The molecule has 1 amide bonds. The zero-order valence-corrected chi connectivity index (χ0v) is 27.2. The van der Waals surface area contributed by atoms with E-state index >= 15 is 0 Å². The smallest absolute Gasteiger partial charge is 0.276 e. The molecule has 10 heteroatoms. The Morgan fingerprint density at radius 2 is 1.30 bits per heavy atom. The molecule has 242 valence electrons. The van der Waals surface area contributed by atoms with E-state index in [9.17, 15) is 9.18 Å². The zero-order valence-electron chi connectivity index (χ0n) is 26.4. The Morgan fingerprint density at radius 3 is 1.85 bits per heavy atom. The van der Waals surface area contributed by atoms with Crippen molar-refractivity contribution in [2.24, 2.45) is 0 Å². The highest BCUT2D eigenvalue weighted by Gasteiger charge is 2.28. The number of halogens is 2. The van der Waals surface area contributed by atoms with Gasteiger partial charge in [-0.05, 0) is 60.0 Å². The summed E-state index contributed by atoms with van der Waals surface area (Å²) in [6.07, 6.45) is 0. The molecule has 0 bridgehead atoms. The van der Waals surface area contributed by atoms with Crippen LogP contribution in [0.2, 0.25) is 0 Å². The molecule has 1 heterocycles. The molecule has 5 aromatic rings. The number of hydrogen-bond donors (Lipinski definition) is 0. The topological polar surface area (TPSA) is 83.0 Å². The molecule has 1 aromatic heterocycles. The number of ether oxygens (including phenoxy) is 4. The van der Waals surface area contributed by atoms with Gasteiger partial charge in [0.1, 0.15) is 30.5 Å². The van der Waals surface area contributed by atoms with Crippen molar-refractivity contribution >= 4 is 17.5 Å². The average molecular weight is 656 g/mol. The molecule has 0 saturated carbocycles. The van der Waals surface area contributed by atoms with E-state index in [2.05, 4.69) is 0 Å². The number of methoxy groups -OCH3 is 2. The predicted molar refractivity (Wildman–Crippen MR) is 179 cm³/mol. The van der Waals surface area contributed by atoms with Gasteiger partial charge in [0, 0.05) is 24.5 Å². The Bertz CT molecular complexity index is 1770. The third-order valence-corrected chi connectivity index (χ3v) is 7.52. The van der Waals surface area contributed by atoms with Crippen LogP contribution in [0.25, 0.3) is 11.4 Å². The largest absolute Gasteiger partial charge is 0.497 e. The molecular weight excluding hydrogens is 621 g/mol. The fraction of sp³-hybridized carbons (Fsp3) is 0.216. The second kappa shape index (κ2) is 15.9. The quantitative estimate of drug-likeness (QED) is 0.114. The molecular formula is C37H35ClFN3O5. The highest BCUT2D eigenvalue weighted by molar-refractivity contribution is 6.18. The van der Waals surface area contributed by atoms with Crippen molar-refractivity contribution in [2.75, 3.05) is 26.6 Å². The molecule has 4 aromatic carbocycles. The molecule has 0 N–H and O–H groups in total. The summed E-state index contributed by atoms with van der Waals surface area (Å²) in [5, 5.41) is 0. The molecule has 5 rings (SSSR count). The summed E-state index contributed by atoms with van der Waals surface area (Å²) in [4.78, 5) is 25.5. The average Bonchev–Trinajstić information content (AvgIpc) is 3.11. The fourth-order valence-corrected chi connectivity index (χ4v) is 4.90. The summed E-state index contributed by atoms with van der Waals surface area (Å²) in [5.74, 6) is 1.28. The van der Waals surface area contributed by atoms with Gasteiger partial charge in [0.15, 0.2) is 11.5 Å². The Kier molecular flexibility index (Phi) is 11.2. The van der Waals surface area contributed by atoms with Gasteiger partial charge in [-0.1, -0.05) is 66.2 Å². The lowest BCUT2D eigenvalue weighted by Crippen LogP contribution is -2.33. The summed E-state index contributed by atoms with van der Waals surface area (Å²) in [7, 11) is 3.20. The molecule has 47 heavy (non-hydrogen) atoms. The molecule has 0 aliphatic carbocycles. The molecule has 0 radical (unpaired) electrons. The van der Waals surface area contributed by atoms with Crippen LogP contribution in [0.1, 0.15) is 32.7 Å². The summed E-state index contributed by atoms with van der Waals surface area (Å²) in [6, 6.07) is 28.5. The van der Waals surface area contributed by atoms with Crippen LogP contribution in [-0.2, 0) is 19.8 Å². The van der Waals surface area contributed by atoms with Crippen molar-refractivity contribution in [3.8, 4) is 34.5 Å². The van der Waals surface area contributed by atoms with Crippen molar-refractivity contribution in [3.05, 3.63) is 131 Å². The van der Waals surface area contributed by atoms with Gasteiger partial charge in [0.2, 0.25) is 5.75 Å². The molecule has 0 saturated heterocycles. The third kappa shape index (κ3) is 8.77. The standard InChI is InChI=1S/C37H35ClFN3O5/c1-25-4-12-29(13-5-25)35-40-33(37(43)42(21-20-38)22-26-6-14-30(39)15-7-26)34(46-23-27-8-16-31(44-2)17-9-27)36(41-35)47-24-28-10-18-32(45-3)19-11-28/h4-19H,20-24H2,1-3H3. The Labute approximate surface area is 278 Å². The third-order valence-electron chi connectivity index (χ3n) is 7.35. The number of aryl methyl sites for hydroxylation is 1. The normalized spacial score (nSPS) is 10.7. The number of nitrogens with zero attached hydrogens (tertiary/aromatic N) is 3. The van der Waals surface area contributed by atoms with Crippen LogP contribution in [0.5, 0.6) is 23.1 Å². The second-order valence-electron chi connectivity index (χ2n) is 10.7. The van der Waals surface area contributed by atoms with Crippen LogP contribution in [-0.4, -0.2) is 47.4 Å². The lowest BCUT2D eigenvalue weighted by atomic mass is 10.1. The first-order valence-electron chi connectivity index (χ1n) is 15.0. The number of carbonyl (C=O) groups is 1. The maximum atomic E-state index is 14.4. The summed E-state index contributed by atoms with van der Waals surface area (Å²) >= 11 is 6.18. The van der Waals surface area contributed by atoms with Crippen molar-refractivity contribution < 1.29 is 28.1 Å². The first-order valence-corrected chi connectivity index (χ1v) is 15.5. The van der Waals surface area contributed by atoms with E-state index in [1.54, 1.807) is 31.3 Å². The maximum Gasteiger partial charge on any atom is 0.276 e. The lowest BCUT2D eigenvalue weighted by Gasteiger charge is -2.24. The van der Waals surface area contributed by atoms with Crippen molar-refractivity contribution in [1.82, 2.24) is 14.9 Å². The van der Waals surface area contributed by atoms with E-state index < -0.39 is 5.91 Å². The number of hydrogen-bond acceptors (Lipinski definition) is 7. The highest BCUT2D eigenvalue weighted by atomic mass is 35.5. The molecule has 0 atom stereocenters. The number of alkyl halides is 1. The van der Waals surface area contributed by atoms with Crippen LogP contribution in [0, 0.1) is 12.7 Å². The van der Waals surface area contributed by atoms with Gasteiger partial charge in [-0.15, -0.1) is 11.6 Å². The van der Waals surface area contributed by atoms with E-state index in [1.165, 1.54) is 12.1 Å². The molecule has 0 fully saturated rings. The minimum absolute atomic E-state index is 0.0149. The Morgan fingerprint density at radius 1 is 0.745 bits per heavy atom. The van der Waals surface area contributed by atoms with Crippen LogP contribution in [0.15, 0.2) is 97.1 Å². The minimum atomic E-state index is -0.440. The van der Waals surface area contributed by atoms with E-state index in [1.807, 2.05) is 79.7 Å². The molecule has 0 spiro atoms. The summed E-state index contributed by atoms with van der Waals surface area (Å²) in [5.41, 5.74) is 4.19. The van der Waals surface area contributed by atoms with E-state index in [0.717, 1.165) is 28.0 Å². The Balaban J connectivity index is 1.58. The monoisotopic (exact) mass is 655 g/mol. The molecule has 0 aliphatic heterocycles. The van der Waals surface area contributed by atoms with Gasteiger partial charge in [-0.25, -0.2) is 9.37 Å². The lowest BCUT2D eigenvalue weighted by molar-refractivity contribution is 0.0740. The first-order chi connectivity index (χ1) is 22.9. The van der Waals surface area contributed by atoms with Gasteiger partial charge in [-0.3, -0.25) is 4.79 Å². The van der Waals surface area contributed by atoms with E-state index in [4.69, 9.17) is 40.5 Å². The van der Waals surface area contributed by atoms with Crippen molar-refractivity contribution in [2.45, 2.75) is 26.7 Å². The van der Waals surface area contributed by atoms with Gasteiger partial charge >= 0.3 is 0 Å². The predicted octanol–water partition coefficient (Wildman–Crippen LogP) is 7.65. The number of amides is 1. The van der Waals surface area contributed by atoms with Gasteiger partial charge < -0.3 is 23.8 Å². The fourth-order valence-electron chi connectivity index (χ4n) is 4.70. The van der Waals surface area contributed by atoms with Crippen LogP contribution in [0.4, 0.5) is 4.39 Å². The summed E-state index contributed by atoms with van der Waals surface area (Å²) in [6.45, 7) is 2.61. The van der Waals surface area contributed by atoms with Crippen molar-refractivity contribution in [3.63, 3.8) is 0 Å². The molecule has 0 aliphatic rings. The minimum Gasteiger partial charge on any atom is -0.497 e. The Hall–Kier alpha value is -5.15. The van der Waals surface area contributed by atoms with Crippen LogP contribution >= 0.6 is 11.6 Å². The number of benzene rings is 4. The van der Waals surface area contributed by atoms with Gasteiger partial charge in [0.25, 0.3) is 11.8 Å². The van der Waals surface area contributed by atoms with Gasteiger partial charge in [0.05, 0.1) is 14.2 Å². The first kappa shape index (κ1) is 33.2. The SMILES string of the molecule is COc1ccc(COc2nc(-c3ccc(C)cc3)nc(C(=O)N(CCCl)Cc3ccc(F)cc3)c2OCc2ccc(OC)cc2)cc1. The highest BCUT2D eigenvalue weighted by Crippen LogP contribution is 2.34. The number of aromatic nitrogens is 2. The van der Waals surface area contributed by atoms with Crippen LogP contribution in [0.3, 0.4) is 0 Å². The zero-order chi connectivity index (χ0) is 33.2. The second-order valence-corrected chi connectivity index (χ2v) is 11.1.